The number of aliphatic imine (C=N–C) groups is 1. The smallest absolute Gasteiger partial charge is 0.0392 e. The van der Waals surface area contributed by atoms with Gasteiger partial charge in [-0.3, -0.25) is 4.99 Å². The molecule has 0 fully saturated rings. The van der Waals surface area contributed by atoms with Gasteiger partial charge in [0.15, 0.2) is 0 Å². The summed E-state index contributed by atoms with van der Waals surface area (Å²) in [6.07, 6.45) is 2.52. The highest BCUT2D eigenvalue weighted by Crippen LogP contribution is 2.00. The zero-order valence-corrected chi connectivity index (χ0v) is 5.80. The Bertz CT molecular complexity index is 93.0. The molecule has 5 radical (unpaired) electrons. The lowest BCUT2D eigenvalue weighted by Crippen LogP contribution is -1.79. The van der Waals surface area contributed by atoms with Gasteiger partial charge in [0.25, 0.3) is 0 Å². The van der Waals surface area contributed by atoms with E-state index in [0.717, 1.165) is 13.6 Å². The summed E-state index contributed by atoms with van der Waals surface area (Å²) >= 11 is 0. The number of rotatable bonds is 0. The van der Waals surface area contributed by atoms with E-state index in [9.17, 15) is 0 Å². The Balaban J connectivity index is 0. The van der Waals surface area contributed by atoms with Crippen LogP contribution in [-0.2, 0) is 0 Å². The average molecular weight is 132 g/mol. The van der Waals surface area contributed by atoms with Gasteiger partial charge in [0.05, 0.1) is 0 Å². The molecule has 0 bridgehead atoms. The van der Waals surface area contributed by atoms with Crippen molar-refractivity contribution in [3.8, 4) is 0 Å². The average Bonchev–Trinajstić information content (AvgIpc) is 2.20. The molecule has 0 spiro atoms. The Hall–Kier alpha value is -0.135. The molecule has 0 aromatic carbocycles. The molecule has 10 heavy (non-hydrogen) atoms. The molecule has 4 heteroatoms. The van der Waals surface area contributed by atoms with Crippen molar-refractivity contribution in [2.75, 3.05) is 6.54 Å². The van der Waals surface area contributed by atoms with Crippen molar-refractivity contribution >= 4 is 28.2 Å². The Kier molecular flexibility index (Phi) is 11.1. The minimum atomic E-state index is 0. The molecule has 0 aromatic heterocycles. The molecule has 0 aromatic rings. The topological polar surface area (TPSA) is 12.4 Å². The monoisotopic (exact) mass is 132 g/mol. The van der Waals surface area contributed by atoms with Crippen LogP contribution in [-0.4, -0.2) is 34.8 Å². The maximum atomic E-state index is 4.50. The highest BCUT2D eigenvalue weighted by atomic mass is 14.7. The first-order chi connectivity index (χ1) is 4.31. The van der Waals surface area contributed by atoms with E-state index in [0.29, 0.717) is 0 Å². The molecule has 0 aliphatic carbocycles. The van der Waals surface area contributed by atoms with Gasteiger partial charge in [-0.15, -0.1) is 0 Å². The standard InChI is InChI=1S/C5H9N.CH4.B3/c1-5-3-2-4-6-5;;1-3-2/h2-4H2,1H3;1H4;. The van der Waals surface area contributed by atoms with E-state index in [2.05, 4.69) is 27.4 Å². The third kappa shape index (κ3) is 7.86. The van der Waals surface area contributed by atoms with Gasteiger partial charge in [0, 0.05) is 34.8 Å². The second kappa shape index (κ2) is 8.86. The van der Waals surface area contributed by atoms with Crippen LogP contribution in [0.4, 0.5) is 0 Å². The summed E-state index contributed by atoms with van der Waals surface area (Å²) in [6, 6.07) is 0. The lowest BCUT2D eigenvalue weighted by molar-refractivity contribution is 0.951. The zero-order valence-electron chi connectivity index (χ0n) is 5.80. The normalized spacial score (nSPS) is 13.9. The van der Waals surface area contributed by atoms with Gasteiger partial charge < -0.3 is 0 Å². The van der Waals surface area contributed by atoms with Crippen molar-refractivity contribution in [1.29, 1.82) is 0 Å². The fraction of sp³-hybridized carbons (Fsp3) is 0.833. The van der Waals surface area contributed by atoms with E-state index in [-0.39, 0.29) is 7.43 Å². The number of nitrogens with zero attached hydrogens (tertiary/aromatic N) is 1. The maximum absolute atomic E-state index is 4.50. The van der Waals surface area contributed by atoms with Crippen molar-refractivity contribution in [3.05, 3.63) is 0 Å². The lowest BCUT2D eigenvalue weighted by atomic mass is 9.40. The highest BCUT2D eigenvalue weighted by Gasteiger charge is 1.96. The minimum absolute atomic E-state index is 0. The molecule has 0 atom stereocenters. The Morgan fingerprint density at radius 1 is 1.50 bits per heavy atom. The van der Waals surface area contributed by atoms with Crippen LogP contribution < -0.4 is 0 Å². The molecular weight excluding hydrogens is 119 g/mol. The SMILES string of the molecule is C.CC1=NCCC1.[B][B][B]. The lowest BCUT2D eigenvalue weighted by Gasteiger charge is -1.76. The van der Waals surface area contributed by atoms with Crippen molar-refractivity contribution in [2.24, 2.45) is 4.99 Å². The molecule has 0 unspecified atom stereocenters. The van der Waals surface area contributed by atoms with Crippen LogP contribution in [0.25, 0.3) is 0 Å². The van der Waals surface area contributed by atoms with Gasteiger partial charge in [-0.25, -0.2) is 0 Å². The van der Waals surface area contributed by atoms with E-state index < -0.39 is 0 Å². The van der Waals surface area contributed by atoms with E-state index >= 15 is 0 Å². The van der Waals surface area contributed by atoms with Crippen molar-refractivity contribution in [2.45, 2.75) is 27.2 Å². The van der Waals surface area contributed by atoms with Gasteiger partial charge in [0.1, 0.15) is 0 Å². The van der Waals surface area contributed by atoms with Crippen molar-refractivity contribution < 1.29 is 0 Å². The predicted octanol–water partition coefficient (Wildman–Crippen LogP) is 0.735. The van der Waals surface area contributed by atoms with Crippen LogP contribution >= 0.6 is 0 Å². The maximum Gasteiger partial charge on any atom is 0.0392 e. The van der Waals surface area contributed by atoms with Gasteiger partial charge in [-0.05, 0) is 19.8 Å². The quantitative estimate of drug-likeness (QED) is 0.430. The van der Waals surface area contributed by atoms with Crippen LogP contribution in [0.3, 0.4) is 0 Å². The van der Waals surface area contributed by atoms with E-state index in [1.807, 2.05) is 0 Å². The second-order valence-corrected chi connectivity index (χ2v) is 1.91. The summed E-state index contributed by atoms with van der Waals surface area (Å²) in [5, 5.41) is 0. The van der Waals surface area contributed by atoms with E-state index in [1.165, 1.54) is 18.6 Å². The third-order valence-corrected chi connectivity index (χ3v) is 1.08. The fourth-order valence-electron chi connectivity index (χ4n) is 0.684. The van der Waals surface area contributed by atoms with Crippen LogP contribution in [0.1, 0.15) is 27.2 Å². The number of hydrogen-bond donors (Lipinski definition) is 0. The Labute approximate surface area is 67.7 Å². The van der Waals surface area contributed by atoms with Gasteiger partial charge in [-0.1, -0.05) is 7.43 Å². The van der Waals surface area contributed by atoms with Gasteiger partial charge in [-0.2, -0.15) is 0 Å². The molecule has 1 nitrogen and oxygen atoms in total. The van der Waals surface area contributed by atoms with Crippen molar-refractivity contribution in [3.63, 3.8) is 0 Å². The fourth-order valence-corrected chi connectivity index (χ4v) is 0.684. The summed E-state index contributed by atoms with van der Waals surface area (Å²) in [4.78, 5) is 4.15. The summed E-state index contributed by atoms with van der Waals surface area (Å²) < 4.78 is 0. The molecule has 1 aliphatic heterocycles. The first-order valence-corrected chi connectivity index (χ1v) is 3.06. The molecule has 0 N–H and O–H groups in total. The summed E-state index contributed by atoms with van der Waals surface area (Å²) in [5.74, 6) is 0. The van der Waals surface area contributed by atoms with Crippen LogP contribution in [0.5, 0.6) is 0 Å². The van der Waals surface area contributed by atoms with Crippen LogP contribution in [0.15, 0.2) is 4.99 Å². The molecule has 0 amide bonds. The third-order valence-electron chi connectivity index (χ3n) is 1.08. The van der Waals surface area contributed by atoms with Gasteiger partial charge in [0.2, 0.25) is 0 Å². The molecule has 1 rings (SSSR count). The van der Waals surface area contributed by atoms with E-state index in [1.54, 1.807) is 0 Å². The molecule has 0 saturated heterocycles. The van der Waals surface area contributed by atoms with Gasteiger partial charge >= 0.3 is 0 Å². The Morgan fingerprint density at radius 2 is 2.00 bits per heavy atom. The largest absolute Gasteiger partial charge is 0.294 e. The molecule has 0 saturated carbocycles. The second-order valence-electron chi connectivity index (χ2n) is 1.91. The zero-order chi connectivity index (χ0) is 7.11. The van der Waals surface area contributed by atoms with Crippen LogP contribution in [0, 0.1) is 0 Å². The molecule has 1 heterocycles. The van der Waals surface area contributed by atoms with Crippen LogP contribution in [0.2, 0.25) is 0 Å². The molecule has 51 valence electrons. The first kappa shape index (κ1) is 12.5. The summed E-state index contributed by atoms with van der Waals surface area (Å²) in [5.41, 5.74) is 1.33. The first-order valence-electron chi connectivity index (χ1n) is 3.06. The highest BCUT2D eigenvalue weighted by molar-refractivity contribution is 7.17. The Morgan fingerprint density at radius 3 is 2.10 bits per heavy atom. The number of hydrogen-bond acceptors (Lipinski definition) is 1. The minimum Gasteiger partial charge on any atom is -0.294 e. The summed E-state index contributed by atoms with van der Waals surface area (Å²) in [6.45, 7) is 3.17. The van der Waals surface area contributed by atoms with Crippen molar-refractivity contribution in [1.82, 2.24) is 0 Å². The predicted molar refractivity (Wildman–Crippen MR) is 51.2 cm³/mol. The summed E-state index contributed by atoms with van der Waals surface area (Å²) in [7, 11) is 10.0. The molecule has 1 aliphatic rings. The van der Waals surface area contributed by atoms with E-state index in [4.69, 9.17) is 0 Å². The molecular formula is C6H13B3N.